The Labute approximate surface area is 146 Å². The monoisotopic (exact) mass is 339 g/mol. The standard InChI is InChI=1S/C17H21N7O/c18-10-13-9-14-11-23(7-2-8-24(14)21-13)17-19-5-4-16(20-17)22-6-1-3-15(25)12-22/h4-5,9,15,25H,1-3,6-8,11-12H2. The Kier molecular flexibility index (Phi) is 4.24. The van der Waals surface area contributed by atoms with Gasteiger partial charge in [0.05, 0.1) is 18.3 Å². The van der Waals surface area contributed by atoms with Gasteiger partial charge in [0, 0.05) is 32.4 Å². The number of hydrogen-bond acceptors (Lipinski definition) is 7. The molecule has 2 aliphatic rings. The van der Waals surface area contributed by atoms with Crippen LogP contribution in [0, 0.1) is 11.3 Å². The number of anilines is 2. The molecule has 0 bridgehead atoms. The van der Waals surface area contributed by atoms with Crippen molar-refractivity contribution in [3.8, 4) is 6.07 Å². The molecule has 2 aliphatic heterocycles. The number of rotatable bonds is 2. The van der Waals surface area contributed by atoms with Gasteiger partial charge in [-0.2, -0.15) is 15.3 Å². The van der Waals surface area contributed by atoms with Gasteiger partial charge in [-0.25, -0.2) is 4.98 Å². The Morgan fingerprint density at radius 3 is 2.92 bits per heavy atom. The van der Waals surface area contributed by atoms with Gasteiger partial charge in [-0.15, -0.1) is 0 Å². The lowest BCUT2D eigenvalue weighted by Gasteiger charge is -2.31. The number of nitrogens with zero attached hydrogens (tertiary/aromatic N) is 7. The number of β-amino-alcohol motifs (C(OH)–C–C–N with tert-alkyl or cyclic N) is 1. The molecule has 0 aliphatic carbocycles. The highest BCUT2D eigenvalue weighted by Gasteiger charge is 2.22. The van der Waals surface area contributed by atoms with Gasteiger partial charge in [-0.1, -0.05) is 0 Å². The lowest BCUT2D eigenvalue weighted by Crippen LogP contribution is -2.39. The number of hydrogen-bond donors (Lipinski definition) is 1. The van der Waals surface area contributed by atoms with E-state index in [0.29, 0.717) is 24.7 Å². The highest BCUT2D eigenvalue weighted by Crippen LogP contribution is 2.22. The van der Waals surface area contributed by atoms with Crippen molar-refractivity contribution in [2.24, 2.45) is 0 Å². The lowest BCUT2D eigenvalue weighted by atomic mass is 10.1. The second kappa shape index (κ2) is 6.69. The first-order valence-corrected chi connectivity index (χ1v) is 8.71. The molecule has 1 N–H and O–H groups in total. The van der Waals surface area contributed by atoms with Crippen LogP contribution in [0.1, 0.15) is 30.7 Å². The van der Waals surface area contributed by atoms with Crippen LogP contribution < -0.4 is 9.80 Å². The smallest absolute Gasteiger partial charge is 0.227 e. The van der Waals surface area contributed by atoms with Gasteiger partial charge in [-0.05, 0) is 31.4 Å². The Bertz CT molecular complexity index is 797. The average Bonchev–Trinajstić information content (AvgIpc) is 2.92. The molecule has 1 atom stereocenters. The first-order valence-electron chi connectivity index (χ1n) is 8.71. The molecule has 8 nitrogen and oxygen atoms in total. The van der Waals surface area contributed by atoms with E-state index in [2.05, 4.69) is 26.0 Å². The topological polar surface area (TPSA) is 94.1 Å². The van der Waals surface area contributed by atoms with E-state index in [4.69, 9.17) is 10.2 Å². The Morgan fingerprint density at radius 2 is 2.08 bits per heavy atom. The van der Waals surface area contributed by atoms with Crippen molar-refractivity contribution in [1.29, 1.82) is 5.26 Å². The highest BCUT2D eigenvalue weighted by atomic mass is 16.3. The summed E-state index contributed by atoms with van der Waals surface area (Å²) in [4.78, 5) is 13.4. The van der Waals surface area contributed by atoms with Gasteiger partial charge in [0.25, 0.3) is 0 Å². The molecule has 0 spiro atoms. The van der Waals surface area contributed by atoms with Crippen molar-refractivity contribution in [2.45, 2.75) is 38.5 Å². The first kappa shape index (κ1) is 15.8. The number of aliphatic hydroxyl groups is 1. The molecular formula is C17H21N7O. The summed E-state index contributed by atoms with van der Waals surface area (Å²) in [6.07, 6.45) is 4.24. The molecule has 1 saturated heterocycles. The number of aryl methyl sites for hydroxylation is 1. The molecule has 0 saturated carbocycles. The van der Waals surface area contributed by atoms with Crippen LogP contribution in [0.15, 0.2) is 18.3 Å². The molecule has 0 aromatic carbocycles. The number of nitriles is 1. The molecule has 4 heterocycles. The summed E-state index contributed by atoms with van der Waals surface area (Å²) >= 11 is 0. The predicted octanol–water partition coefficient (Wildman–Crippen LogP) is 0.916. The van der Waals surface area contributed by atoms with Crippen molar-refractivity contribution < 1.29 is 5.11 Å². The van der Waals surface area contributed by atoms with E-state index >= 15 is 0 Å². The van der Waals surface area contributed by atoms with Gasteiger partial charge >= 0.3 is 0 Å². The maximum Gasteiger partial charge on any atom is 0.227 e. The zero-order valence-electron chi connectivity index (χ0n) is 14.0. The lowest BCUT2D eigenvalue weighted by molar-refractivity contribution is 0.154. The van der Waals surface area contributed by atoms with E-state index in [1.165, 1.54) is 0 Å². The molecule has 4 rings (SSSR count). The summed E-state index contributed by atoms with van der Waals surface area (Å²) in [6.45, 7) is 3.81. The zero-order chi connectivity index (χ0) is 17.2. The zero-order valence-corrected chi connectivity index (χ0v) is 14.0. The summed E-state index contributed by atoms with van der Waals surface area (Å²) in [6, 6.07) is 5.84. The first-order chi connectivity index (χ1) is 12.2. The maximum absolute atomic E-state index is 9.90. The van der Waals surface area contributed by atoms with Gasteiger partial charge in [0.2, 0.25) is 5.95 Å². The fourth-order valence-corrected chi connectivity index (χ4v) is 3.52. The quantitative estimate of drug-likeness (QED) is 0.869. The van der Waals surface area contributed by atoms with E-state index in [1.807, 2.05) is 16.8 Å². The van der Waals surface area contributed by atoms with E-state index in [9.17, 15) is 5.11 Å². The fraction of sp³-hybridized carbons (Fsp3) is 0.529. The second-order valence-corrected chi connectivity index (χ2v) is 6.59. The number of aliphatic hydroxyl groups excluding tert-OH is 1. The fourth-order valence-electron chi connectivity index (χ4n) is 3.52. The van der Waals surface area contributed by atoms with Gasteiger partial charge < -0.3 is 14.9 Å². The predicted molar refractivity (Wildman–Crippen MR) is 92.1 cm³/mol. The summed E-state index contributed by atoms with van der Waals surface area (Å²) in [5, 5.41) is 23.3. The van der Waals surface area contributed by atoms with E-state index < -0.39 is 0 Å². The Balaban J connectivity index is 1.57. The Hall–Kier alpha value is -2.66. The third-order valence-corrected chi connectivity index (χ3v) is 4.76. The van der Waals surface area contributed by atoms with E-state index in [-0.39, 0.29) is 6.10 Å². The summed E-state index contributed by atoms with van der Waals surface area (Å²) in [7, 11) is 0. The molecular weight excluding hydrogens is 318 g/mol. The molecule has 2 aromatic rings. The second-order valence-electron chi connectivity index (χ2n) is 6.59. The molecule has 8 heteroatoms. The van der Waals surface area contributed by atoms with Crippen LogP contribution in [0.25, 0.3) is 0 Å². The van der Waals surface area contributed by atoms with Crippen molar-refractivity contribution in [2.75, 3.05) is 29.4 Å². The average molecular weight is 339 g/mol. The molecule has 0 amide bonds. The molecule has 130 valence electrons. The van der Waals surface area contributed by atoms with Crippen LogP contribution in [-0.2, 0) is 13.1 Å². The van der Waals surface area contributed by atoms with Gasteiger partial charge in [0.1, 0.15) is 11.9 Å². The van der Waals surface area contributed by atoms with Crippen molar-refractivity contribution in [3.63, 3.8) is 0 Å². The number of aromatic nitrogens is 4. The van der Waals surface area contributed by atoms with Crippen LogP contribution in [0.4, 0.5) is 11.8 Å². The number of fused-ring (bicyclic) bond motifs is 1. The minimum Gasteiger partial charge on any atom is -0.391 e. The molecule has 0 radical (unpaired) electrons. The summed E-state index contributed by atoms with van der Waals surface area (Å²) in [5.74, 6) is 1.55. The molecule has 1 unspecified atom stereocenters. The van der Waals surface area contributed by atoms with Crippen LogP contribution >= 0.6 is 0 Å². The molecule has 1 fully saturated rings. The van der Waals surface area contributed by atoms with E-state index in [0.717, 1.165) is 50.4 Å². The van der Waals surface area contributed by atoms with Crippen molar-refractivity contribution in [3.05, 3.63) is 29.7 Å². The van der Waals surface area contributed by atoms with Crippen LogP contribution in [0.2, 0.25) is 0 Å². The minimum atomic E-state index is -0.288. The number of piperidine rings is 1. The maximum atomic E-state index is 9.90. The summed E-state index contributed by atoms with van der Waals surface area (Å²) < 4.78 is 1.91. The van der Waals surface area contributed by atoms with Crippen LogP contribution in [0.3, 0.4) is 0 Å². The molecule has 25 heavy (non-hydrogen) atoms. The third-order valence-electron chi connectivity index (χ3n) is 4.76. The highest BCUT2D eigenvalue weighted by molar-refractivity contribution is 5.44. The van der Waals surface area contributed by atoms with Gasteiger partial charge in [-0.3, -0.25) is 4.68 Å². The van der Waals surface area contributed by atoms with Gasteiger partial charge in [0.15, 0.2) is 5.69 Å². The minimum absolute atomic E-state index is 0.288. The van der Waals surface area contributed by atoms with Crippen LogP contribution in [-0.4, -0.2) is 50.6 Å². The third kappa shape index (κ3) is 3.28. The van der Waals surface area contributed by atoms with Crippen LogP contribution in [0.5, 0.6) is 0 Å². The molecule has 2 aromatic heterocycles. The SMILES string of the molecule is N#Cc1cc2n(n1)CCCN(c1nccc(N3CCCC(O)C3)n1)C2. The Morgan fingerprint density at radius 1 is 1.20 bits per heavy atom. The van der Waals surface area contributed by atoms with Crippen molar-refractivity contribution >= 4 is 11.8 Å². The van der Waals surface area contributed by atoms with Crippen molar-refractivity contribution in [1.82, 2.24) is 19.7 Å². The largest absolute Gasteiger partial charge is 0.391 e. The normalized spacial score (nSPS) is 20.7. The van der Waals surface area contributed by atoms with E-state index in [1.54, 1.807) is 6.20 Å². The summed E-state index contributed by atoms with van der Waals surface area (Å²) in [5.41, 5.74) is 1.46.